The molecule has 1 aromatic carbocycles. The van der Waals surface area contributed by atoms with Crippen molar-refractivity contribution >= 4 is 17.9 Å². The van der Waals surface area contributed by atoms with E-state index in [1.54, 1.807) is 32.9 Å². The van der Waals surface area contributed by atoms with E-state index in [1.807, 2.05) is 37.3 Å². The van der Waals surface area contributed by atoms with Crippen molar-refractivity contribution in [3.05, 3.63) is 48.0 Å². The summed E-state index contributed by atoms with van der Waals surface area (Å²) >= 11 is 0. The first-order chi connectivity index (χ1) is 14.0. The Morgan fingerprint density at radius 1 is 1.13 bits per heavy atom. The summed E-state index contributed by atoms with van der Waals surface area (Å²) in [6.45, 7) is 7.06. The van der Waals surface area contributed by atoms with Crippen LogP contribution in [0.5, 0.6) is 0 Å². The number of amides is 3. The van der Waals surface area contributed by atoms with Gasteiger partial charge in [-0.25, -0.2) is 4.79 Å². The number of fused-ring (bicyclic) bond motifs is 1. The summed E-state index contributed by atoms with van der Waals surface area (Å²) in [6, 6.07) is 7.81. The number of aliphatic hydroxyl groups is 1. The van der Waals surface area contributed by atoms with Gasteiger partial charge in [-0.1, -0.05) is 49.4 Å². The maximum Gasteiger partial charge on any atom is 0.422 e. The van der Waals surface area contributed by atoms with E-state index in [4.69, 9.17) is 4.74 Å². The van der Waals surface area contributed by atoms with Crippen molar-refractivity contribution in [2.24, 2.45) is 5.92 Å². The van der Waals surface area contributed by atoms with Crippen molar-refractivity contribution in [1.29, 1.82) is 0 Å². The van der Waals surface area contributed by atoms with Gasteiger partial charge in [0.15, 0.2) is 0 Å². The predicted octanol–water partition coefficient (Wildman–Crippen LogP) is 1.81. The van der Waals surface area contributed by atoms with Crippen LogP contribution in [0, 0.1) is 5.92 Å². The van der Waals surface area contributed by atoms with E-state index >= 15 is 0 Å². The highest BCUT2D eigenvalue weighted by Gasteiger charge is 2.53. The number of carbonyl (C=O) groups is 3. The molecule has 2 N–H and O–H groups in total. The largest absolute Gasteiger partial charge is 0.443 e. The van der Waals surface area contributed by atoms with Gasteiger partial charge in [-0.15, -0.1) is 0 Å². The lowest BCUT2D eigenvalue weighted by atomic mass is 9.86. The highest BCUT2D eigenvalue weighted by atomic mass is 16.6. The number of benzene rings is 1. The van der Waals surface area contributed by atoms with Crippen molar-refractivity contribution < 1.29 is 24.2 Å². The van der Waals surface area contributed by atoms with Crippen molar-refractivity contribution in [2.45, 2.75) is 57.4 Å². The second-order valence-electron chi connectivity index (χ2n) is 8.79. The third-order valence-electron chi connectivity index (χ3n) is 5.48. The molecule has 1 aromatic rings. The van der Waals surface area contributed by atoms with E-state index in [0.29, 0.717) is 0 Å². The third kappa shape index (κ3) is 4.24. The first-order valence-electron chi connectivity index (χ1n) is 10.0. The van der Waals surface area contributed by atoms with Crippen LogP contribution in [0.2, 0.25) is 0 Å². The van der Waals surface area contributed by atoms with E-state index < -0.39 is 41.7 Å². The van der Waals surface area contributed by atoms with Gasteiger partial charge in [-0.2, -0.15) is 5.01 Å². The molecule has 30 heavy (non-hydrogen) atoms. The van der Waals surface area contributed by atoms with Crippen LogP contribution < -0.4 is 5.43 Å². The van der Waals surface area contributed by atoms with Crippen LogP contribution in [-0.4, -0.2) is 63.8 Å². The molecule has 0 saturated carbocycles. The van der Waals surface area contributed by atoms with E-state index in [-0.39, 0.29) is 11.8 Å². The average molecular weight is 415 g/mol. The van der Waals surface area contributed by atoms with Gasteiger partial charge in [0, 0.05) is 13.0 Å². The Hall–Kier alpha value is -2.71. The van der Waals surface area contributed by atoms with Crippen LogP contribution in [0.4, 0.5) is 4.79 Å². The third-order valence-corrected chi connectivity index (χ3v) is 5.48. The number of rotatable bonds is 4. The predicted molar refractivity (Wildman–Crippen MR) is 110 cm³/mol. The number of hydrogen-bond donors (Lipinski definition) is 2. The molecule has 8 nitrogen and oxygen atoms in total. The first kappa shape index (κ1) is 22.0. The van der Waals surface area contributed by atoms with Gasteiger partial charge in [-0.3, -0.25) is 19.9 Å². The summed E-state index contributed by atoms with van der Waals surface area (Å²) in [7, 11) is 1.42. The van der Waals surface area contributed by atoms with Gasteiger partial charge in [0.1, 0.15) is 11.6 Å². The number of nitrogens with zero attached hydrogens (tertiary/aromatic N) is 2. The van der Waals surface area contributed by atoms with Gasteiger partial charge in [0.25, 0.3) is 0 Å². The molecule has 2 aliphatic heterocycles. The number of likely N-dealkylation sites (N-methyl/N-ethyl adjacent to an activating group) is 1. The van der Waals surface area contributed by atoms with Gasteiger partial charge in [0.2, 0.25) is 11.8 Å². The van der Waals surface area contributed by atoms with E-state index in [2.05, 4.69) is 5.43 Å². The highest BCUT2D eigenvalue weighted by molar-refractivity contribution is 6.08. The molecule has 8 heteroatoms. The standard InChI is InChI=1S/C22H29N3O5/c1-13(14-9-7-6-8-10-14)18(26)16-12-11-15-17(20(28)24(5)19(15)27)25(16)23-21(29)30-22(2,3)4/h6-13,15-18,26H,1-5H3,(H,23,29). The molecule has 2 heterocycles. The van der Waals surface area contributed by atoms with Crippen molar-refractivity contribution in [3.8, 4) is 0 Å². The minimum absolute atomic E-state index is 0.287. The summed E-state index contributed by atoms with van der Waals surface area (Å²) in [4.78, 5) is 38.8. The van der Waals surface area contributed by atoms with Crippen LogP contribution in [0.1, 0.15) is 39.2 Å². The number of hydrogen-bond acceptors (Lipinski definition) is 6. The Morgan fingerprint density at radius 2 is 1.77 bits per heavy atom. The zero-order valence-electron chi connectivity index (χ0n) is 17.9. The van der Waals surface area contributed by atoms with Crippen molar-refractivity contribution in [2.75, 3.05) is 7.05 Å². The quantitative estimate of drug-likeness (QED) is 0.575. The number of nitrogens with one attached hydrogen (secondary N) is 1. The highest BCUT2D eigenvalue weighted by Crippen LogP contribution is 2.33. The Labute approximate surface area is 176 Å². The molecule has 0 bridgehead atoms. The molecular formula is C22H29N3O5. The Balaban J connectivity index is 1.92. The Bertz CT molecular complexity index is 848. The molecule has 2 aliphatic rings. The number of hydrazine groups is 1. The molecule has 1 fully saturated rings. The van der Waals surface area contributed by atoms with Crippen LogP contribution in [-0.2, 0) is 14.3 Å². The summed E-state index contributed by atoms with van der Waals surface area (Å²) in [6.07, 6.45) is 1.62. The SMILES string of the molecule is CC(c1ccccc1)C(O)C1C=CC2C(=O)N(C)C(=O)C2N1NC(=O)OC(C)(C)C. The van der Waals surface area contributed by atoms with Gasteiger partial charge < -0.3 is 9.84 Å². The van der Waals surface area contributed by atoms with Crippen LogP contribution in [0.15, 0.2) is 42.5 Å². The average Bonchev–Trinajstić information content (AvgIpc) is 2.91. The van der Waals surface area contributed by atoms with Crippen LogP contribution >= 0.6 is 0 Å². The molecule has 0 aliphatic carbocycles. The maximum atomic E-state index is 12.8. The number of ether oxygens (including phenoxy) is 1. The van der Waals surface area contributed by atoms with E-state index in [0.717, 1.165) is 10.5 Å². The van der Waals surface area contributed by atoms with Crippen molar-refractivity contribution in [1.82, 2.24) is 15.3 Å². The zero-order valence-corrected chi connectivity index (χ0v) is 17.9. The summed E-state index contributed by atoms with van der Waals surface area (Å²) < 4.78 is 5.34. The Kier molecular flexibility index (Phi) is 6.01. The lowest BCUT2D eigenvalue weighted by Gasteiger charge is -2.41. The molecule has 3 rings (SSSR count). The lowest BCUT2D eigenvalue weighted by molar-refractivity contribution is -0.139. The van der Waals surface area contributed by atoms with Gasteiger partial charge in [0.05, 0.1) is 18.1 Å². The molecule has 0 aromatic heterocycles. The number of imide groups is 1. The smallest absolute Gasteiger partial charge is 0.422 e. The maximum absolute atomic E-state index is 12.8. The first-order valence-corrected chi connectivity index (χ1v) is 10.0. The second-order valence-corrected chi connectivity index (χ2v) is 8.79. The molecule has 0 spiro atoms. The molecule has 3 amide bonds. The fraction of sp³-hybridized carbons (Fsp3) is 0.500. The van der Waals surface area contributed by atoms with Gasteiger partial charge >= 0.3 is 6.09 Å². The number of aliphatic hydroxyl groups excluding tert-OH is 1. The molecule has 0 radical (unpaired) electrons. The minimum Gasteiger partial charge on any atom is -0.443 e. The zero-order chi connectivity index (χ0) is 22.2. The number of carbonyl (C=O) groups excluding carboxylic acids is 3. The Morgan fingerprint density at radius 3 is 2.37 bits per heavy atom. The summed E-state index contributed by atoms with van der Waals surface area (Å²) in [5.41, 5.74) is 2.79. The van der Waals surface area contributed by atoms with E-state index in [1.165, 1.54) is 12.1 Å². The van der Waals surface area contributed by atoms with E-state index in [9.17, 15) is 19.5 Å². The molecular weight excluding hydrogens is 386 g/mol. The summed E-state index contributed by atoms with van der Waals surface area (Å²) in [5, 5.41) is 12.5. The summed E-state index contributed by atoms with van der Waals surface area (Å²) in [5.74, 6) is -1.80. The fourth-order valence-corrected chi connectivity index (χ4v) is 3.89. The van der Waals surface area contributed by atoms with Crippen LogP contribution in [0.3, 0.4) is 0 Å². The van der Waals surface area contributed by atoms with Gasteiger partial charge in [-0.05, 0) is 26.3 Å². The monoisotopic (exact) mass is 415 g/mol. The lowest BCUT2D eigenvalue weighted by Crippen LogP contribution is -2.62. The topological polar surface area (TPSA) is 99.2 Å². The molecule has 5 unspecified atom stereocenters. The second kappa shape index (κ2) is 8.20. The molecule has 5 atom stereocenters. The van der Waals surface area contributed by atoms with Crippen molar-refractivity contribution in [3.63, 3.8) is 0 Å². The van der Waals surface area contributed by atoms with Crippen LogP contribution in [0.25, 0.3) is 0 Å². The fourth-order valence-electron chi connectivity index (χ4n) is 3.89. The number of likely N-dealkylation sites (tertiary alicyclic amines) is 1. The molecule has 162 valence electrons. The normalized spacial score (nSPS) is 26.3. The minimum atomic E-state index is -0.951. The molecule has 1 saturated heterocycles.